The molecular formula is C12H17ClN2O. The third-order valence-electron chi connectivity index (χ3n) is 2.19. The highest BCUT2D eigenvalue weighted by atomic mass is 35.5. The molecule has 16 heavy (non-hydrogen) atoms. The molecule has 1 N–H and O–H groups in total. The molecule has 0 unspecified atom stereocenters. The van der Waals surface area contributed by atoms with Crippen molar-refractivity contribution in [3.63, 3.8) is 0 Å². The van der Waals surface area contributed by atoms with Crippen LogP contribution in [-0.4, -0.2) is 38.0 Å². The molecule has 0 aromatic heterocycles. The Hall–Kier alpha value is -1.06. The van der Waals surface area contributed by atoms with Crippen molar-refractivity contribution in [3.8, 4) is 0 Å². The van der Waals surface area contributed by atoms with E-state index in [4.69, 9.17) is 11.6 Å². The number of benzene rings is 1. The second-order valence-corrected chi connectivity index (χ2v) is 4.16. The minimum absolute atomic E-state index is 0.0474. The Morgan fingerprint density at radius 2 is 2.19 bits per heavy atom. The Bertz CT molecular complexity index is 353. The van der Waals surface area contributed by atoms with Gasteiger partial charge in [-0.3, -0.25) is 4.79 Å². The average molecular weight is 241 g/mol. The third kappa shape index (κ3) is 4.21. The van der Waals surface area contributed by atoms with E-state index < -0.39 is 0 Å². The standard InChI is InChI=1S/C12H17ClN2O/c1-15(2)7-6-14-12(16)11-5-3-4-10(8-11)9-13/h3-5,8H,6-7,9H2,1-2H3,(H,14,16). The number of carbonyl (C=O) groups is 1. The highest BCUT2D eigenvalue weighted by Crippen LogP contribution is 2.07. The van der Waals surface area contributed by atoms with Crippen LogP contribution >= 0.6 is 11.6 Å². The largest absolute Gasteiger partial charge is 0.351 e. The first-order chi connectivity index (χ1) is 7.63. The minimum atomic E-state index is -0.0474. The number of alkyl halides is 1. The Labute approximate surface area is 101 Å². The van der Waals surface area contributed by atoms with Gasteiger partial charge in [0.25, 0.3) is 5.91 Å². The van der Waals surface area contributed by atoms with Crippen LogP contribution in [0.2, 0.25) is 0 Å². The summed E-state index contributed by atoms with van der Waals surface area (Å²) in [5.74, 6) is 0.382. The summed E-state index contributed by atoms with van der Waals surface area (Å²) in [6, 6.07) is 7.36. The number of nitrogens with one attached hydrogen (secondary N) is 1. The SMILES string of the molecule is CN(C)CCNC(=O)c1cccc(CCl)c1. The van der Waals surface area contributed by atoms with E-state index in [0.717, 1.165) is 12.1 Å². The fraction of sp³-hybridized carbons (Fsp3) is 0.417. The van der Waals surface area contributed by atoms with Crippen LogP contribution in [0.4, 0.5) is 0 Å². The van der Waals surface area contributed by atoms with E-state index in [2.05, 4.69) is 5.32 Å². The van der Waals surface area contributed by atoms with E-state index in [-0.39, 0.29) is 5.91 Å². The Kier molecular flexibility index (Phi) is 5.29. The molecule has 0 spiro atoms. The van der Waals surface area contributed by atoms with Crippen LogP contribution in [0.3, 0.4) is 0 Å². The van der Waals surface area contributed by atoms with Crippen molar-refractivity contribution in [2.45, 2.75) is 5.88 Å². The van der Waals surface area contributed by atoms with Gasteiger partial charge in [0.05, 0.1) is 0 Å². The number of rotatable bonds is 5. The molecule has 0 aliphatic carbocycles. The number of hydrogen-bond acceptors (Lipinski definition) is 2. The quantitative estimate of drug-likeness (QED) is 0.795. The molecule has 0 fully saturated rings. The third-order valence-corrected chi connectivity index (χ3v) is 2.50. The van der Waals surface area contributed by atoms with Gasteiger partial charge in [-0.1, -0.05) is 12.1 Å². The first kappa shape index (κ1) is 13.0. The van der Waals surface area contributed by atoms with Crippen LogP contribution in [0, 0.1) is 0 Å². The number of hydrogen-bond donors (Lipinski definition) is 1. The van der Waals surface area contributed by atoms with Crippen molar-refractivity contribution in [3.05, 3.63) is 35.4 Å². The molecule has 0 bridgehead atoms. The summed E-state index contributed by atoms with van der Waals surface area (Å²) in [4.78, 5) is 13.7. The predicted octanol–water partition coefficient (Wildman–Crippen LogP) is 1.72. The van der Waals surface area contributed by atoms with Gasteiger partial charge in [-0.05, 0) is 31.8 Å². The smallest absolute Gasteiger partial charge is 0.251 e. The van der Waals surface area contributed by atoms with Crippen LogP contribution in [0.5, 0.6) is 0 Å². The van der Waals surface area contributed by atoms with Crippen LogP contribution in [0.25, 0.3) is 0 Å². The molecule has 4 heteroatoms. The maximum absolute atomic E-state index is 11.7. The number of halogens is 1. The predicted molar refractivity (Wildman–Crippen MR) is 66.9 cm³/mol. The van der Waals surface area contributed by atoms with E-state index in [1.165, 1.54) is 0 Å². The van der Waals surface area contributed by atoms with Crippen LogP contribution in [0.1, 0.15) is 15.9 Å². The summed E-state index contributed by atoms with van der Waals surface area (Å²) in [6.07, 6.45) is 0. The molecule has 0 radical (unpaired) electrons. The number of carbonyl (C=O) groups excluding carboxylic acids is 1. The van der Waals surface area contributed by atoms with Gasteiger partial charge in [0.2, 0.25) is 0 Å². The fourth-order valence-corrected chi connectivity index (χ4v) is 1.46. The lowest BCUT2D eigenvalue weighted by Crippen LogP contribution is -2.31. The highest BCUT2D eigenvalue weighted by molar-refractivity contribution is 6.17. The first-order valence-electron chi connectivity index (χ1n) is 5.21. The van der Waals surface area contributed by atoms with Crippen molar-refractivity contribution in [2.24, 2.45) is 0 Å². The first-order valence-corrected chi connectivity index (χ1v) is 5.75. The van der Waals surface area contributed by atoms with E-state index in [1.54, 1.807) is 6.07 Å². The molecule has 0 atom stereocenters. The lowest BCUT2D eigenvalue weighted by atomic mass is 10.1. The van der Waals surface area contributed by atoms with E-state index in [9.17, 15) is 4.79 Å². The molecule has 0 saturated heterocycles. The number of nitrogens with zero attached hydrogens (tertiary/aromatic N) is 1. The van der Waals surface area contributed by atoms with Gasteiger partial charge >= 0.3 is 0 Å². The van der Waals surface area contributed by atoms with Gasteiger partial charge in [0.1, 0.15) is 0 Å². The maximum Gasteiger partial charge on any atom is 0.251 e. The average Bonchev–Trinajstić information content (AvgIpc) is 2.28. The van der Waals surface area contributed by atoms with E-state index >= 15 is 0 Å². The zero-order valence-electron chi connectivity index (χ0n) is 9.66. The van der Waals surface area contributed by atoms with Gasteiger partial charge in [-0.15, -0.1) is 11.6 Å². The second-order valence-electron chi connectivity index (χ2n) is 3.89. The zero-order chi connectivity index (χ0) is 12.0. The van der Waals surface area contributed by atoms with Gasteiger partial charge in [0, 0.05) is 24.5 Å². The molecule has 88 valence electrons. The second kappa shape index (κ2) is 6.51. The summed E-state index contributed by atoms with van der Waals surface area (Å²) in [5.41, 5.74) is 1.62. The van der Waals surface area contributed by atoms with E-state index in [1.807, 2.05) is 37.2 Å². The molecule has 0 aliphatic rings. The van der Waals surface area contributed by atoms with Crippen molar-refractivity contribution in [1.82, 2.24) is 10.2 Å². The zero-order valence-corrected chi connectivity index (χ0v) is 10.4. The molecule has 1 rings (SSSR count). The van der Waals surface area contributed by atoms with Crippen LogP contribution in [-0.2, 0) is 5.88 Å². The molecule has 1 aromatic rings. The molecule has 1 amide bonds. The van der Waals surface area contributed by atoms with Crippen molar-refractivity contribution in [2.75, 3.05) is 27.2 Å². The van der Waals surface area contributed by atoms with E-state index in [0.29, 0.717) is 18.0 Å². The molecule has 0 aliphatic heterocycles. The molecule has 3 nitrogen and oxygen atoms in total. The monoisotopic (exact) mass is 240 g/mol. The van der Waals surface area contributed by atoms with Crippen molar-refractivity contribution < 1.29 is 4.79 Å². The van der Waals surface area contributed by atoms with Crippen molar-refractivity contribution in [1.29, 1.82) is 0 Å². The Morgan fingerprint density at radius 1 is 1.44 bits per heavy atom. The molecule has 1 aromatic carbocycles. The molecule has 0 saturated carbocycles. The van der Waals surface area contributed by atoms with Gasteiger partial charge in [0.15, 0.2) is 0 Å². The lowest BCUT2D eigenvalue weighted by Gasteiger charge is -2.10. The van der Waals surface area contributed by atoms with Crippen LogP contribution < -0.4 is 5.32 Å². The minimum Gasteiger partial charge on any atom is -0.351 e. The molecular weight excluding hydrogens is 224 g/mol. The fourth-order valence-electron chi connectivity index (χ4n) is 1.29. The topological polar surface area (TPSA) is 32.3 Å². The lowest BCUT2D eigenvalue weighted by molar-refractivity contribution is 0.0951. The summed E-state index contributed by atoms with van der Waals surface area (Å²) in [5, 5.41) is 2.86. The summed E-state index contributed by atoms with van der Waals surface area (Å²) >= 11 is 5.71. The van der Waals surface area contributed by atoms with Gasteiger partial charge < -0.3 is 10.2 Å². The van der Waals surface area contributed by atoms with Gasteiger partial charge in [-0.2, -0.15) is 0 Å². The number of likely N-dealkylation sites (N-methyl/N-ethyl adjacent to an activating group) is 1. The highest BCUT2D eigenvalue weighted by Gasteiger charge is 2.05. The summed E-state index contributed by atoms with van der Waals surface area (Å²) < 4.78 is 0. The summed E-state index contributed by atoms with van der Waals surface area (Å²) in [6.45, 7) is 1.48. The Balaban J connectivity index is 2.52. The van der Waals surface area contributed by atoms with Crippen LogP contribution in [0.15, 0.2) is 24.3 Å². The number of amides is 1. The molecule has 0 heterocycles. The summed E-state index contributed by atoms with van der Waals surface area (Å²) in [7, 11) is 3.94. The Morgan fingerprint density at radius 3 is 2.81 bits per heavy atom. The normalized spacial score (nSPS) is 10.5. The maximum atomic E-state index is 11.7. The van der Waals surface area contributed by atoms with Crippen molar-refractivity contribution >= 4 is 17.5 Å². The van der Waals surface area contributed by atoms with Gasteiger partial charge in [-0.25, -0.2) is 0 Å².